The number of benzene rings is 1. The molecule has 2 aromatic rings. The summed E-state index contributed by atoms with van der Waals surface area (Å²) in [5.74, 6) is -1.17. The van der Waals surface area contributed by atoms with Gasteiger partial charge in [0.1, 0.15) is 6.04 Å². The molecule has 0 unspecified atom stereocenters. The number of imidazole rings is 1. The van der Waals surface area contributed by atoms with Gasteiger partial charge in [-0.3, -0.25) is 14.5 Å². The van der Waals surface area contributed by atoms with Gasteiger partial charge < -0.3 is 20.0 Å². The summed E-state index contributed by atoms with van der Waals surface area (Å²) in [6.07, 6.45) is 0. The average Bonchev–Trinajstić information content (AvgIpc) is 2.85. The molecule has 8 heteroatoms. The van der Waals surface area contributed by atoms with E-state index in [0.29, 0.717) is 29.7 Å². The van der Waals surface area contributed by atoms with Crippen molar-refractivity contribution in [3.05, 3.63) is 34.2 Å². The molecule has 1 aliphatic rings. The van der Waals surface area contributed by atoms with Crippen LogP contribution in [-0.2, 0) is 4.79 Å². The summed E-state index contributed by atoms with van der Waals surface area (Å²) < 4.78 is 0. The van der Waals surface area contributed by atoms with Gasteiger partial charge in [-0.05, 0) is 25.2 Å². The molecule has 0 spiro atoms. The maximum atomic E-state index is 12.5. The summed E-state index contributed by atoms with van der Waals surface area (Å²) in [6.45, 7) is 1.12. The number of carbonyl (C=O) groups excluding carboxylic acids is 1. The van der Waals surface area contributed by atoms with Crippen LogP contribution in [0.2, 0.25) is 0 Å². The smallest absolute Gasteiger partial charge is 0.323 e. The van der Waals surface area contributed by atoms with Crippen LogP contribution in [0.25, 0.3) is 11.0 Å². The number of likely N-dealkylation sites (N-methyl/N-ethyl adjacent to an activating group) is 1. The standard InChI is InChI=1S/C14H16N4O4/c1-17-4-5-18(7-11(17)13(20)21)12(19)8-2-3-9-10(6-8)16-14(22)15-9/h2-3,6,11H,4-5,7H2,1H3,(H,20,21)(H2,15,16,22)/t11-/m0/s1. The largest absolute Gasteiger partial charge is 0.480 e. The molecule has 0 radical (unpaired) electrons. The zero-order valence-corrected chi connectivity index (χ0v) is 12.0. The maximum Gasteiger partial charge on any atom is 0.323 e. The number of nitrogens with zero attached hydrogens (tertiary/aromatic N) is 2. The van der Waals surface area contributed by atoms with Crippen LogP contribution < -0.4 is 5.69 Å². The Kier molecular flexibility index (Phi) is 3.45. The van der Waals surface area contributed by atoms with Gasteiger partial charge in [-0.25, -0.2) is 4.79 Å². The van der Waals surface area contributed by atoms with Crippen molar-refractivity contribution in [3.63, 3.8) is 0 Å². The zero-order valence-electron chi connectivity index (χ0n) is 12.0. The minimum absolute atomic E-state index is 0.145. The summed E-state index contributed by atoms with van der Waals surface area (Å²) in [7, 11) is 1.73. The third kappa shape index (κ3) is 2.48. The first-order chi connectivity index (χ1) is 10.5. The van der Waals surface area contributed by atoms with E-state index in [1.807, 2.05) is 0 Å². The van der Waals surface area contributed by atoms with Crippen molar-refractivity contribution >= 4 is 22.9 Å². The van der Waals surface area contributed by atoms with Crippen LogP contribution in [0.4, 0.5) is 0 Å². The van der Waals surface area contributed by atoms with Crippen LogP contribution in [0.3, 0.4) is 0 Å². The van der Waals surface area contributed by atoms with E-state index in [9.17, 15) is 19.5 Å². The molecule has 1 saturated heterocycles. The molecule has 0 saturated carbocycles. The highest BCUT2D eigenvalue weighted by Gasteiger charge is 2.32. The number of H-pyrrole nitrogens is 2. The van der Waals surface area contributed by atoms with Crippen LogP contribution in [0.1, 0.15) is 10.4 Å². The number of fused-ring (bicyclic) bond motifs is 1. The molecule has 8 nitrogen and oxygen atoms in total. The Morgan fingerprint density at radius 1 is 1.23 bits per heavy atom. The molecule has 1 atom stereocenters. The molecule has 22 heavy (non-hydrogen) atoms. The Labute approximate surface area is 125 Å². The SMILES string of the molecule is CN1CCN(C(=O)c2ccc3[nH]c(=O)[nH]c3c2)C[C@H]1C(=O)O. The average molecular weight is 304 g/mol. The van der Waals surface area contributed by atoms with Crippen molar-refractivity contribution in [2.24, 2.45) is 0 Å². The molecular formula is C14H16N4O4. The number of amides is 1. The van der Waals surface area contributed by atoms with Crippen molar-refractivity contribution in [1.29, 1.82) is 0 Å². The Hall–Kier alpha value is -2.61. The second-order valence-electron chi connectivity index (χ2n) is 5.43. The summed E-state index contributed by atoms with van der Waals surface area (Å²) in [4.78, 5) is 43.5. The molecule has 0 aliphatic carbocycles. The Balaban J connectivity index is 1.85. The molecular weight excluding hydrogens is 288 g/mol. The quantitative estimate of drug-likeness (QED) is 0.705. The first-order valence-electron chi connectivity index (χ1n) is 6.90. The molecule has 3 N–H and O–H groups in total. The van der Waals surface area contributed by atoms with Crippen molar-refractivity contribution in [1.82, 2.24) is 19.8 Å². The molecule has 3 rings (SSSR count). The van der Waals surface area contributed by atoms with E-state index >= 15 is 0 Å². The van der Waals surface area contributed by atoms with E-state index in [1.54, 1.807) is 30.1 Å². The number of carbonyl (C=O) groups is 2. The molecule has 116 valence electrons. The highest BCUT2D eigenvalue weighted by atomic mass is 16.4. The molecule has 1 aromatic heterocycles. The summed E-state index contributed by atoms with van der Waals surface area (Å²) >= 11 is 0. The lowest BCUT2D eigenvalue weighted by Crippen LogP contribution is -2.56. The van der Waals surface area contributed by atoms with Crippen LogP contribution in [0.15, 0.2) is 23.0 Å². The van der Waals surface area contributed by atoms with E-state index in [1.165, 1.54) is 4.90 Å². The predicted octanol–water partition coefficient (Wildman–Crippen LogP) is -0.303. The number of rotatable bonds is 2. The summed E-state index contributed by atoms with van der Waals surface area (Å²) in [5, 5.41) is 9.20. The second-order valence-corrected chi connectivity index (χ2v) is 5.43. The van der Waals surface area contributed by atoms with E-state index in [2.05, 4.69) is 9.97 Å². The van der Waals surface area contributed by atoms with E-state index < -0.39 is 12.0 Å². The van der Waals surface area contributed by atoms with Gasteiger partial charge in [-0.1, -0.05) is 0 Å². The Morgan fingerprint density at radius 3 is 2.68 bits per heavy atom. The topological polar surface area (TPSA) is 110 Å². The number of hydrogen-bond donors (Lipinski definition) is 3. The van der Waals surface area contributed by atoms with Crippen LogP contribution in [0.5, 0.6) is 0 Å². The van der Waals surface area contributed by atoms with Crippen molar-refractivity contribution in [3.8, 4) is 0 Å². The van der Waals surface area contributed by atoms with Crippen LogP contribution in [0, 0.1) is 0 Å². The third-order valence-electron chi connectivity index (χ3n) is 3.98. The van der Waals surface area contributed by atoms with Crippen LogP contribution in [-0.4, -0.2) is 69.5 Å². The van der Waals surface area contributed by atoms with Crippen LogP contribution >= 0.6 is 0 Å². The molecule has 1 fully saturated rings. The van der Waals surface area contributed by atoms with Gasteiger partial charge in [0.25, 0.3) is 5.91 Å². The number of hydrogen-bond acceptors (Lipinski definition) is 4. The van der Waals surface area contributed by atoms with Gasteiger partial charge >= 0.3 is 11.7 Å². The second kappa shape index (κ2) is 5.30. The van der Waals surface area contributed by atoms with Gasteiger partial charge in [0.2, 0.25) is 0 Å². The Morgan fingerprint density at radius 2 is 1.95 bits per heavy atom. The fraction of sp³-hybridized carbons (Fsp3) is 0.357. The van der Waals surface area contributed by atoms with Gasteiger partial charge in [0, 0.05) is 25.2 Å². The van der Waals surface area contributed by atoms with Gasteiger partial charge in [-0.15, -0.1) is 0 Å². The number of carboxylic acids is 1. The molecule has 1 aliphatic heterocycles. The monoisotopic (exact) mass is 304 g/mol. The lowest BCUT2D eigenvalue weighted by Gasteiger charge is -2.37. The molecule has 2 heterocycles. The molecule has 1 amide bonds. The van der Waals surface area contributed by atoms with E-state index in [0.717, 1.165) is 0 Å². The fourth-order valence-corrected chi connectivity index (χ4v) is 2.67. The zero-order chi connectivity index (χ0) is 15.9. The molecule has 1 aromatic carbocycles. The number of aromatic nitrogens is 2. The normalized spacial score (nSPS) is 19.5. The number of aliphatic carboxylic acids is 1. The van der Waals surface area contributed by atoms with Crippen molar-refractivity contribution < 1.29 is 14.7 Å². The predicted molar refractivity (Wildman–Crippen MR) is 78.9 cm³/mol. The first kappa shape index (κ1) is 14.3. The van der Waals surface area contributed by atoms with Gasteiger partial charge in [0.05, 0.1) is 11.0 Å². The lowest BCUT2D eigenvalue weighted by atomic mass is 10.1. The van der Waals surface area contributed by atoms with Gasteiger partial charge in [0.15, 0.2) is 0 Å². The summed E-state index contributed by atoms with van der Waals surface area (Å²) in [6, 6.07) is 4.19. The third-order valence-corrected chi connectivity index (χ3v) is 3.98. The number of carboxylic acid groups (broad SMARTS) is 1. The van der Waals surface area contributed by atoms with Crippen molar-refractivity contribution in [2.75, 3.05) is 26.7 Å². The minimum atomic E-state index is -0.939. The number of piperazine rings is 1. The van der Waals surface area contributed by atoms with Gasteiger partial charge in [-0.2, -0.15) is 0 Å². The first-order valence-corrected chi connectivity index (χ1v) is 6.90. The van der Waals surface area contributed by atoms with Crippen molar-refractivity contribution in [2.45, 2.75) is 6.04 Å². The lowest BCUT2D eigenvalue weighted by molar-refractivity contribution is -0.144. The highest BCUT2D eigenvalue weighted by molar-refractivity contribution is 5.97. The maximum absolute atomic E-state index is 12.5. The number of aromatic amines is 2. The Bertz CT molecular complexity index is 793. The highest BCUT2D eigenvalue weighted by Crippen LogP contribution is 2.15. The van der Waals surface area contributed by atoms with E-state index in [-0.39, 0.29) is 18.1 Å². The van der Waals surface area contributed by atoms with E-state index in [4.69, 9.17) is 0 Å². The number of nitrogens with one attached hydrogen (secondary N) is 2. The fourth-order valence-electron chi connectivity index (χ4n) is 2.67. The summed E-state index contributed by atoms with van der Waals surface area (Å²) in [5.41, 5.74) is 1.28. The molecule has 0 bridgehead atoms. The minimum Gasteiger partial charge on any atom is -0.480 e.